The maximum Gasteiger partial charge on any atom is 0.264 e. The van der Waals surface area contributed by atoms with Gasteiger partial charge < -0.3 is 10.1 Å². The predicted octanol–water partition coefficient (Wildman–Crippen LogP) is 4.22. The fraction of sp³-hybridized carbons (Fsp3) is 0.136. The van der Waals surface area contributed by atoms with Crippen LogP contribution in [-0.4, -0.2) is 28.5 Å². The van der Waals surface area contributed by atoms with Crippen LogP contribution in [0.4, 0.5) is 15.8 Å². The first-order valence-electron chi connectivity index (χ1n) is 9.03. The number of rotatable bonds is 6. The highest BCUT2D eigenvalue weighted by Gasteiger charge is 2.23. The van der Waals surface area contributed by atoms with Crippen molar-refractivity contribution in [1.82, 2.24) is 0 Å². The number of ether oxygens (including phenoxy) is 1. The number of aryl methyl sites for hydroxylation is 1. The quantitative estimate of drug-likeness (QED) is 0.638. The number of carbonyl (C=O) groups excluding carboxylic acids is 1. The van der Waals surface area contributed by atoms with Crippen LogP contribution in [0, 0.1) is 12.7 Å². The second-order valence-corrected chi connectivity index (χ2v) is 8.61. The van der Waals surface area contributed by atoms with Crippen LogP contribution >= 0.6 is 0 Å². The van der Waals surface area contributed by atoms with Gasteiger partial charge in [-0.2, -0.15) is 0 Å². The molecule has 3 aromatic rings. The Balaban J connectivity index is 1.86. The van der Waals surface area contributed by atoms with Crippen molar-refractivity contribution in [3.05, 3.63) is 83.7 Å². The molecule has 0 saturated carbocycles. The molecule has 156 valence electrons. The van der Waals surface area contributed by atoms with Gasteiger partial charge in [0.1, 0.15) is 11.6 Å². The first kappa shape index (κ1) is 21.3. The molecular weight excluding hydrogens is 407 g/mol. The number of sulfonamides is 1. The molecule has 0 spiro atoms. The molecule has 0 aromatic heterocycles. The van der Waals surface area contributed by atoms with Gasteiger partial charge in [-0.3, -0.25) is 9.10 Å². The number of anilines is 2. The summed E-state index contributed by atoms with van der Waals surface area (Å²) in [6.07, 6.45) is 0. The van der Waals surface area contributed by atoms with E-state index in [1.807, 2.05) is 0 Å². The van der Waals surface area contributed by atoms with E-state index in [-0.39, 0.29) is 16.1 Å². The number of hydrogen-bond acceptors (Lipinski definition) is 4. The van der Waals surface area contributed by atoms with Gasteiger partial charge in [-0.1, -0.05) is 12.1 Å². The van der Waals surface area contributed by atoms with Crippen LogP contribution < -0.4 is 14.4 Å². The van der Waals surface area contributed by atoms with E-state index < -0.39 is 21.7 Å². The molecule has 0 radical (unpaired) electrons. The smallest absolute Gasteiger partial charge is 0.264 e. The van der Waals surface area contributed by atoms with E-state index in [1.54, 1.807) is 37.3 Å². The number of nitrogens with zero attached hydrogens (tertiary/aromatic N) is 1. The first-order valence-corrected chi connectivity index (χ1v) is 10.5. The van der Waals surface area contributed by atoms with Gasteiger partial charge in [-0.25, -0.2) is 12.8 Å². The molecule has 0 aliphatic heterocycles. The van der Waals surface area contributed by atoms with Crippen molar-refractivity contribution in [2.24, 2.45) is 0 Å². The maximum atomic E-state index is 14.0. The molecule has 0 fully saturated rings. The summed E-state index contributed by atoms with van der Waals surface area (Å²) in [7, 11) is -0.971. The van der Waals surface area contributed by atoms with Gasteiger partial charge in [0.05, 0.1) is 23.4 Å². The van der Waals surface area contributed by atoms with Crippen LogP contribution in [0.1, 0.15) is 15.9 Å². The third kappa shape index (κ3) is 4.44. The zero-order chi connectivity index (χ0) is 21.9. The normalized spacial score (nSPS) is 11.1. The van der Waals surface area contributed by atoms with Gasteiger partial charge in [0.2, 0.25) is 0 Å². The van der Waals surface area contributed by atoms with Crippen molar-refractivity contribution in [3.63, 3.8) is 0 Å². The minimum Gasteiger partial charge on any atom is -0.497 e. The summed E-state index contributed by atoms with van der Waals surface area (Å²) in [5.41, 5.74) is 1.28. The van der Waals surface area contributed by atoms with Crippen molar-refractivity contribution in [2.45, 2.75) is 11.8 Å². The molecule has 0 unspecified atom stereocenters. The Morgan fingerprint density at radius 2 is 1.73 bits per heavy atom. The Morgan fingerprint density at radius 3 is 2.37 bits per heavy atom. The summed E-state index contributed by atoms with van der Waals surface area (Å²) in [6.45, 7) is 1.74. The fourth-order valence-electron chi connectivity index (χ4n) is 2.80. The molecule has 1 amide bonds. The average Bonchev–Trinajstić information content (AvgIpc) is 2.75. The average molecular weight is 428 g/mol. The fourth-order valence-corrected chi connectivity index (χ4v) is 4.04. The first-order chi connectivity index (χ1) is 14.2. The van der Waals surface area contributed by atoms with Crippen LogP contribution in [0.3, 0.4) is 0 Å². The number of benzene rings is 3. The van der Waals surface area contributed by atoms with E-state index in [2.05, 4.69) is 5.32 Å². The third-order valence-corrected chi connectivity index (χ3v) is 6.34. The summed E-state index contributed by atoms with van der Waals surface area (Å²) in [4.78, 5) is 12.5. The lowest BCUT2D eigenvalue weighted by Gasteiger charge is -2.20. The van der Waals surface area contributed by atoms with E-state index >= 15 is 0 Å². The van der Waals surface area contributed by atoms with Crippen molar-refractivity contribution in [2.75, 3.05) is 23.8 Å². The molecule has 3 rings (SSSR count). The summed E-state index contributed by atoms with van der Waals surface area (Å²) < 4.78 is 46.2. The SMILES string of the molecule is COc1ccc(N(C)S(=O)(=O)c2cccc(C(=O)Nc3ccc(C)cc3F)c2)cc1. The maximum absolute atomic E-state index is 14.0. The molecule has 3 aromatic carbocycles. The van der Waals surface area contributed by atoms with Gasteiger partial charge in [0, 0.05) is 12.6 Å². The molecule has 8 heteroatoms. The third-order valence-electron chi connectivity index (χ3n) is 4.56. The zero-order valence-electron chi connectivity index (χ0n) is 16.7. The molecule has 6 nitrogen and oxygen atoms in total. The molecule has 0 atom stereocenters. The van der Waals surface area contributed by atoms with Crippen LogP contribution in [0.15, 0.2) is 71.6 Å². The van der Waals surface area contributed by atoms with Crippen LogP contribution in [0.25, 0.3) is 0 Å². The van der Waals surface area contributed by atoms with Crippen LogP contribution in [-0.2, 0) is 10.0 Å². The van der Waals surface area contributed by atoms with Crippen molar-refractivity contribution in [1.29, 1.82) is 0 Å². The molecule has 0 bridgehead atoms. The molecule has 0 aliphatic carbocycles. The lowest BCUT2D eigenvalue weighted by Crippen LogP contribution is -2.26. The lowest BCUT2D eigenvalue weighted by atomic mass is 10.2. The number of carbonyl (C=O) groups is 1. The Morgan fingerprint density at radius 1 is 1.03 bits per heavy atom. The number of halogens is 1. The summed E-state index contributed by atoms with van der Waals surface area (Å²) in [5.74, 6) is -0.570. The van der Waals surface area contributed by atoms with E-state index in [0.717, 1.165) is 9.87 Å². The Labute approximate surface area is 175 Å². The van der Waals surface area contributed by atoms with Crippen molar-refractivity contribution >= 4 is 27.3 Å². The van der Waals surface area contributed by atoms with E-state index in [1.165, 1.54) is 50.6 Å². The summed E-state index contributed by atoms with van der Waals surface area (Å²) in [5, 5.41) is 2.47. The monoisotopic (exact) mass is 428 g/mol. The minimum atomic E-state index is -3.92. The van der Waals surface area contributed by atoms with Crippen molar-refractivity contribution in [3.8, 4) is 5.75 Å². The second-order valence-electron chi connectivity index (χ2n) is 6.64. The van der Waals surface area contributed by atoms with Crippen molar-refractivity contribution < 1.29 is 22.3 Å². The van der Waals surface area contributed by atoms with Gasteiger partial charge in [0.25, 0.3) is 15.9 Å². The summed E-state index contributed by atoms with van der Waals surface area (Å²) >= 11 is 0. The van der Waals surface area contributed by atoms with Gasteiger partial charge in [0.15, 0.2) is 0 Å². The topological polar surface area (TPSA) is 75.7 Å². The highest BCUT2D eigenvalue weighted by atomic mass is 32.2. The highest BCUT2D eigenvalue weighted by Crippen LogP contribution is 2.25. The van der Waals surface area contributed by atoms with E-state index in [0.29, 0.717) is 11.4 Å². The largest absolute Gasteiger partial charge is 0.497 e. The molecule has 0 saturated heterocycles. The van der Waals surface area contributed by atoms with E-state index in [9.17, 15) is 17.6 Å². The number of hydrogen-bond donors (Lipinski definition) is 1. The molecule has 0 aliphatic rings. The van der Waals surface area contributed by atoms with Gasteiger partial charge in [-0.05, 0) is 67.1 Å². The van der Waals surface area contributed by atoms with Gasteiger partial charge in [-0.15, -0.1) is 0 Å². The lowest BCUT2D eigenvalue weighted by molar-refractivity contribution is 0.102. The Hall–Kier alpha value is -3.39. The number of nitrogens with one attached hydrogen (secondary N) is 1. The highest BCUT2D eigenvalue weighted by molar-refractivity contribution is 7.92. The van der Waals surface area contributed by atoms with Gasteiger partial charge >= 0.3 is 0 Å². The van der Waals surface area contributed by atoms with Crippen LogP contribution in [0.2, 0.25) is 0 Å². The number of methoxy groups -OCH3 is 1. The molecule has 1 N–H and O–H groups in total. The number of amides is 1. The Kier molecular flexibility index (Phi) is 6.07. The second kappa shape index (κ2) is 8.54. The molecule has 0 heterocycles. The van der Waals surface area contributed by atoms with E-state index in [4.69, 9.17) is 4.74 Å². The molecular formula is C22H21FN2O4S. The summed E-state index contributed by atoms with van der Waals surface area (Å²) in [6, 6.07) is 16.6. The standard InChI is InChI=1S/C22H21FN2O4S/c1-15-7-12-21(20(23)13-15)24-22(26)16-5-4-6-19(14-16)30(27,28)25(2)17-8-10-18(29-3)11-9-17/h4-14H,1-3H3,(H,24,26). The van der Waals surface area contributed by atoms with Crippen LogP contribution in [0.5, 0.6) is 5.75 Å². The molecule has 30 heavy (non-hydrogen) atoms. The predicted molar refractivity (Wildman–Crippen MR) is 114 cm³/mol. The Bertz CT molecular complexity index is 1180. The zero-order valence-corrected chi connectivity index (χ0v) is 17.5. The minimum absolute atomic E-state index is 0.0224.